The topological polar surface area (TPSA) is 58.2 Å². The number of carbonyl (C=O) groups is 2. The van der Waals surface area contributed by atoms with Crippen molar-refractivity contribution in [1.82, 2.24) is 5.32 Å². The molecule has 0 aliphatic carbocycles. The molecule has 2 N–H and O–H groups in total. The largest absolute Gasteiger partial charge is 0.355 e. The number of benzene rings is 2. The molecule has 138 valence electrons. The Balaban J connectivity index is 1.64. The number of para-hydroxylation sites is 1. The number of nitrogens with one attached hydrogen (secondary N) is 2. The molecule has 0 saturated heterocycles. The van der Waals surface area contributed by atoms with E-state index >= 15 is 0 Å². The molecule has 2 aromatic rings. The van der Waals surface area contributed by atoms with E-state index in [9.17, 15) is 14.0 Å². The molecule has 2 rings (SSSR count). The average molecular weight is 415 g/mol. The molecule has 26 heavy (non-hydrogen) atoms. The Morgan fingerprint density at radius 1 is 1.04 bits per heavy atom. The number of rotatable bonds is 8. The van der Waals surface area contributed by atoms with Crippen LogP contribution in [0.15, 0.2) is 42.5 Å². The van der Waals surface area contributed by atoms with Crippen LogP contribution in [0.5, 0.6) is 0 Å². The summed E-state index contributed by atoms with van der Waals surface area (Å²) in [6, 6.07) is 11.1. The highest BCUT2D eigenvalue weighted by Crippen LogP contribution is 2.21. The second-order valence-corrected chi connectivity index (χ2v) is 7.19. The summed E-state index contributed by atoms with van der Waals surface area (Å²) in [6.45, 7) is 0.433. The van der Waals surface area contributed by atoms with Gasteiger partial charge in [0, 0.05) is 16.6 Å². The van der Waals surface area contributed by atoms with E-state index in [4.69, 9.17) is 23.2 Å². The molecular formula is C18H17Cl2FN2O2S. The SMILES string of the molecule is O=C(CSCC(=O)Nc1ccccc1F)NCCc1ccc(Cl)cc1Cl. The Morgan fingerprint density at radius 2 is 1.77 bits per heavy atom. The zero-order valence-electron chi connectivity index (χ0n) is 13.7. The zero-order chi connectivity index (χ0) is 18.9. The number of anilines is 1. The van der Waals surface area contributed by atoms with Crippen molar-refractivity contribution in [2.24, 2.45) is 0 Å². The summed E-state index contributed by atoms with van der Waals surface area (Å²) in [5.41, 5.74) is 1.02. The van der Waals surface area contributed by atoms with E-state index < -0.39 is 5.82 Å². The van der Waals surface area contributed by atoms with Crippen molar-refractivity contribution < 1.29 is 14.0 Å². The standard InChI is InChI=1S/C18H17Cl2FN2O2S/c19-13-6-5-12(14(20)9-13)7-8-22-17(24)10-26-11-18(25)23-16-4-2-1-3-15(16)21/h1-6,9H,7-8,10-11H2,(H,22,24)(H,23,25). The highest BCUT2D eigenvalue weighted by molar-refractivity contribution is 8.00. The lowest BCUT2D eigenvalue weighted by Gasteiger charge is -2.08. The lowest BCUT2D eigenvalue weighted by Crippen LogP contribution is -2.28. The van der Waals surface area contributed by atoms with Crippen LogP contribution in [0.1, 0.15) is 5.56 Å². The molecule has 0 saturated carbocycles. The van der Waals surface area contributed by atoms with Crippen molar-refractivity contribution in [3.05, 3.63) is 63.9 Å². The summed E-state index contributed by atoms with van der Waals surface area (Å²) in [6.07, 6.45) is 0.584. The first-order valence-corrected chi connectivity index (χ1v) is 9.69. The van der Waals surface area contributed by atoms with Gasteiger partial charge in [-0.1, -0.05) is 41.4 Å². The molecule has 0 bridgehead atoms. The van der Waals surface area contributed by atoms with Crippen LogP contribution in [0.4, 0.5) is 10.1 Å². The second kappa shape index (κ2) is 10.4. The molecule has 0 unspecified atom stereocenters. The van der Waals surface area contributed by atoms with Gasteiger partial charge in [0.2, 0.25) is 11.8 Å². The highest BCUT2D eigenvalue weighted by atomic mass is 35.5. The van der Waals surface area contributed by atoms with E-state index in [0.717, 1.165) is 17.3 Å². The summed E-state index contributed by atoms with van der Waals surface area (Å²) >= 11 is 13.1. The van der Waals surface area contributed by atoms with Gasteiger partial charge in [0.05, 0.1) is 17.2 Å². The predicted molar refractivity (Wildman–Crippen MR) is 106 cm³/mol. The van der Waals surface area contributed by atoms with Gasteiger partial charge in [0.25, 0.3) is 0 Å². The van der Waals surface area contributed by atoms with Crippen LogP contribution in [0.2, 0.25) is 10.0 Å². The first-order chi connectivity index (χ1) is 12.5. The predicted octanol–water partition coefficient (Wildman–Crippen LogP) is 4.16. The molecule has 0 aliphatic rings. The summed E-state index contributed by atoms with van der Waals surface area (Å²) in [4.78, 5) is 23.5. The molecule has 0 fully saturated rings. The summed E-state index contributed by atoms with van der Waals surface area (Å²) in [7, 11) is 0. The maximum absolute atomic E-state index is 13.4. The molecule has 2 aromatic carbocycles. The van der Waals surface area contributed by atoms with Gasteiger partial charge in [-0.3, -0.25) is 9.59 Å². The van der Waals surface area contributed by atoms with Crippen molar-refractivity contribution in [3.63, 3.8) is 0 Å². The first-order valence-electron chi connectivity index (χ1n) is 7.78. The molecule has 0 aromatic heterocycles. The molecule has 0 atom stereocenters. The fourth-order valence-corrected chi connectivity index (χ4v) is 3.25. The fourth-order valence-electron chi connectivity index (χ4n) is 2.10. The first kappa shape index (κ1) is 20.6. The quantitative estimate of drug-likeness (QED) is 0.681. The number of thioether (sulfide) groups is 1. The van der Waals surface area contributed by atoms with Crippen LogP contribution in [-0.4, -0.2) is 29.9 Å². The van der Waals surface area contributed by atoms with E-state index in [1.165, 1.54) is 12.1 Å². The smallest absolute Gasteiger partial charge is 0.234 e. The van der Waals surface area contributed by atoms with Crippen LogP contribution < -0.4 is 10.6 Å². The Labute approximate surface area is 165 Å². The average Bonchev–Trinajstić information content (AvgIpc) is 2.59. The van der Waals surface area contributed by atoms with Crippen LogP contribution in [0.3, 0.4) is 0 Å². The minimum absolute atomic E-state index is 0.0603. The third kappa shape index (κ3) is 6.86. The number of amides is 2. The van der Waals surface area contributed by atoms with Gasteiger partial charge in [-0.05, 0) is 36.2 Å². The van der Waals surface area contributed by atoms with Crippen molar-refractivity contribution in [1.29, 1.82) is 0 Å². The van der Waals surface area contributed by atoms with Crippen LogP contribution in [0, 0.1) is 5.82 Å². The number of hydrogen-bond donors (Lipinski definition) is 2. The molecule has 8 heteroatoms. The third-order valence-corrected chi connectivity index (χ3v) is 4.87. The zero-order valence-corrected chi connectivity index (χ0v) is 16.1. The summed E-state index contributed by atoms with van der Waals surface area (Å²) < 4.78 is 13.4. The summed E-state index contributed by atoms with van der Waals surface area (Å²) in [5.74, 6) is -0.840. The van der Waals surface area contributed by atoms with E-state index in [-0.39, 0.29) is 29.0 Å². The molecule has 0 radical (unpaired) electrons. The minimum atomic E-state index is -0.496. The fraction of sp³-hybridized carbons (Fsp3) is 0.222. The lowest BCUT2D eigenvalue weighted by molar-refractivity contribution is -0.118. The number of hydrogen-bond acceptors (Lipinski definition) is 3. The highest BCUT2D eigenvalue weighted by Gasteiger charge is 2.08. The van der Waals surface area contributed by atoms with Gasteiger partial charge in [0.15, 0.2) is 0 Å². The molecular weight excluding hydrogens is 398 g/mol. The molecule has 0 heterocycles. The molecule has 0 aliphatic heterocycles. The Hall–Kier alpha value is -1.76. The molecule has 2 amide bonds. The monoisotopic (exact) mass is 414 g/mol. The van der Waals surface area contributed by atoms with Gasteiger partial charge >= 0.3 is 0 Å². The molecule has 0 spiro atoms. The van der Waals surface area contributed by atoms with Crippen LogP contribution in [-0.2, 0) is 16.0 Å². The van der Waals surface area contributed by atoms with E-state index in [2.05, 4.69) is 10.6 Å². The second-order valence-electron chi connectivity index (χ2n) is 5.36. The van der Waals surface area contributed by atoms with Gasteiger partial charge < -0.3 is 10.6 Å². The van der Waals surface area contributed by atoms with E-state index in [1.54, 1.807) is 24.3 Å². The van der Waals surface area contributed by atoms with Crippen molar-refractivity contribution >= 4 is 52.5 Å². The minimum Gasteiger partial charge on any atom is -0.355 e. The Morgan fingerprint density at radius 3 is 2.50 bits per heavy atom. The molecule has 4 nitrogen and oxygen atoms in total. The van der Waals surface area contributed by atoms with Gasteiger partial charge in [-0.15, -0.1) is 11.8 Å². The van der Waals surface area contributed by atoms with Gasteiger partial charge in [0.1, 0.15) is 5.82 Å². The van der Waals surface area contributed by atoms with E-state index in [1.807, 2.05) is 6.07 Å². The van der Waals surface area contributed by atoms with Crippen molar-refractivity contribution in [3.8, 4) is 0 Å². The normalized spacial score (nSPS) is 10.4. The summed E-state index contributed by atoms with van der Waals surface area (Å²) in [5, 5.41) is 6.35. The van der Waals surface area contributed by atoms with Crippen molar-refractivity contribution in [2.75, 3.05) is 23.4 Å². The number of carbonyl (C=O) groups excluding carboxylic acids is 2. The van der Waals surface area contributed by atoms with Crippen molar-refractivity contribution in [2.45, 2.75) is 6.42 Å². The van der Waals surface area contributed by atoms with E-state index in [0.29, 0.717) is 23.0 Å². The Bertz CT molecular complexity index is 790. The van der Waals surface area contributed by atoms with Crippen LogP contribution >= 0.6 is 35.0 Å². The van der Waals surface area contributed by atoms with Gasteiger partial charge in [-0.2, -0.15) is 0 Å². The number of halogens is 3. The third-order valence-electron chi connectivity index (χ3n) is 3.35. The maximum atomic E-state index is 13.4. The van der Waals surface area contributed by atoms with Crippen LogP contribution in [0.25, 0.3) is 0 Å². The Kier molecular flexibility index (Phi) is 8.22. The maximum Gasteiger partial charge on any atom is 0.234 e. The lowest BCUT2D eigenvalue weighted by atomic mass is 10.1. The van der Waals surface area contributed by atoms with Gasteiger partial charge in [-0.25, -0.2) is 4.39 Å².